The molecule has 3 nitrogen and oxygen atoms in total. The maximum Gasteiger partial charge on any atom is 0.320 e. The number of urea groups is 1. The van der Waals surface area contributed by atoms with E-state index in [0.717, 1.165) is 33.2 Å². The lowest BCUT2D eigenvalue weighted by Gasteiger charge is -2.36. The lowest BCUT2D eigenvalue weighted by atomic mass is 9.77. The first-order valence-electron chi connectivity index (χ1n) is 11.0. The number of rotatable bonds is 5. The summed E-state index contributed by atoms with van der Waals surface area (Å²) < 4.78 is 0. The zero-order valence-electron chi connectivity index (χ0n) is 18.1. The number of carbonyl (C=O) groups is 1. The van der Waals surface area contributed by atoms with E-state index in [0.29, 0.717) is 0 Å². The molecule has 0 atom stereocenters. The largest absolute Gasteiger partial charge is 0.320 e. The van der Waals surface area contributed by atoms with Crippen molar-refractivity contribution in [3.05, 3.63) is 150 Å². The quantitative estimate of drug-likeness (QED) is 0.292. The van der Waals surface area contributed by atoms with Gasteiger partial charge in [0.05, 0.1) is 5.69 Å². The van der Waals surface area contributed by atoms with Gasteiger partial charge in [0.25, 0.3) is 0 Å². The van der Waals surface area contributed by atoms with Gasteiger partial charge in [0.15, 0.2) is 0 Å². The zero-order chi connectivity index (χ0) is 22.5. The predicted molar refractivity (Wildman–Crippen MR) is 135 cm³/mol. The van der Waals surface area contributed by atoms with E-state index in [9.17, 15) is 4.79 Å². The summed E-state index contributed by atoms with van der Waals surface area (Å²) in [5, 5.41) is 8.52. The average Bonchev–Trinajstić information content (AvgIpc) is 2.89. The minimum Gasteiger partial charge on any atom is -0.320 e. The number of benzene rings is 5. The molecule has 0 aliphatic heterocycles. The highest BCUT2D eigenvalue weighted by atomic mass is 16.2. The number of anilines is 1. The van der Waals surface area contributed by atoms with Crippen molar-refractivity contribution in [1.82, 2.24) is 5.32 Å². The lowest BCUT2D eigenvalue weighted by Crippen LogP contribution is -2.49. The van der Waals surface area contributed by atoms with Crippen LogP contribution in [0.4, 0.5) is 10.5 Å². The standard InChI is InChI=1S/C30H24N2O/c33-29(31-28-22-12-14-23-13-10-11-21-27(23)28)32-30(24-15-4-1-5-16-24,25-17-6-2-7-18-25)26-19-8-3-9-20-26/h1-22H,(H2,31,32,33). The fourth-order valence-corrected chi connectivity index (χ4v) is 4.44. The molecule has 0 spiro atoms. The zero-order valence-corrected chi connectivity index (χ0v) is 18.1. The lowest BCUT2D eigenvalue weighted by molar-refractivity contribution is 0.245. The molecular formula is C30H24N2O. The topological polar surface area (TPSA) is 41.1 Å². The minimum absolute atomic E-state index is 0.275. The maximum atomic E-state index is 13.6. The molecule has 5 aromatic rings. The molecule has 0 heterocycles. The van der Waals surface area contributed by atoms with Crippen LogP contribution in [0.3, 0.4) is 0 Å². The van der Waals surface area contributed by atoms with Crippen LogP contribution in [0.25, 0.3) is 10.8 Å². The molecule has 33 heavy (non-hydrogen) atoms. The van der Waals surface area contributed by atoms with Crippen molar-refractivity contribution in [1.29, 1.82) is 0 Å². The summed E-state index contributed by atoms with van der Waals surface area (Å²) >= 11 is 0. The van der Waals surface area contributed by atoms with Crippen molar-refractivity contribution in [2.75, 3.05) is 5.32 Å². The second kappa shape index (κ2) is 9.01. The van der Waals surface area contributed by atoms with Gasteiger partial charge in [-0.3, -0.25) is 0 Å². The summed E-state index contributed by atoms with van der Waals surface area (Å²) in [5.74, 6) is 0. The predicted octanol–water partition coefficient (Wildman–Crippen LogP) is 6.95. The molecule has 2 N–H and O–H groups in total. The molecule has 2 amide bonds. The van der Waals surface area contributed by atoms with Crippen molar-refractivity contribution in [2.45, 2.75) is 5.54 Å². The van der Waals surface area contributed by atoms with E-state index in [1.54, 1.807) is 0 Å². The van der Waals surface area contributed by atoms with Crippen LogP contribution in [-0.4, -0.2) is 6.03 Å². The first-order valence-corrected chi connectivity index (χ1v) is 11.0. The molecule has 0 unspecified atom stereocenters. The van der Waals surface area contributed by atoms with Gasteiger partial charge in [-0.25, -0.2) is 4.79 Å². The Morgan fingerprint density at radius 3 is 1.52 bits per heavy atom. The van der Waals surface area contributed by atoms with E-state index in [2.05, 4.69) is 47.0 Å². The molecule has 0 radical (unpaired) electrons. The highest BCUT2D eigenvalue weighted by Gasteiger charge is 2.38. The van der Waals surface area contributed by atoms with Crippen LogP contribution in [0.2, 0.25) is 0 Å². The van der Waals surface area contributed by atoms with Crippen LogP contribution in [-0.2, 0) is 5.54 Å². The molecule has 0 bridgehead atoms. The van der Waals surface area contributed by atoms with Gasteiger partial charge in [0, 0.05) is 5.39 Å². The molecule has 5 aromatic carbocycles. The normalized spacial score (nSPS) is 11.2. The maximum absolute atomic E-state index is 13.6. The molecule has 5 rings (SSSR count). The molecular weight excluding hydrogens is 404 g/mol. The third kappa shape index (κ3) is 3.97. The Bertz CT molecular complexity index is 1260. The Kier molecular flexibility index (Phi) is 5.61. The number of hydrogen-bond donors (Lipinski definition) is 2. The van der Waals surface area contributed by atoms with Gasteiger partial charge in [-0.1, -0.05) is 127 Å². The Hall–Kier alpha value is -4.37. The van der Waals surface area contributed by atoms with E-state index < -0.39 is 5.54 Å². The Labute approximate surface area is 193 Å². The van der Waals surface area contributed by atoms with Gasteiger partial charge in [-0.15, -0.1) is 0 Å². The van der Waals surface area contributed by atoms with Gasteiger partial charge in [-0.05, 0) is 28.1 Å². The van der Waals surface area contributed by atoms with E-state index in [4.69, 9.17) is 0 Å². The van der Waals surface area contributed by atoms with Crippen LogP contribution < -0.4 is 10.6 Å². The van der Waals surface area contributed by atoms with Gasteiger partial charge in [0.1, 0.15) is 5.54 Å². The molecule has 0 saturated carbocycles. The van der Waals surface area contributed by atoms with Crippen molar-refractivity contribution in [2.24, 2.45) is 0 Å². The smallest absolute Gasteiger partial charge is 0.320 e. The highest BCUT2D eigenvalue weighted by Crippen LogP contribution is 2.37. The summed E-state index contributed by atoms with van der Waals surface area (Å²) in [6.07, 6.45) is 0. The fourth-order valence-electron chi connectivity index (χ4n) is 4.44. The summed E-state index contributed by atoms with van der Waals surface area (Å²) in [6.45, 7) is 0. The first-order chi connectivity index (χ1) is 16.3. The third-order valence-electron chi connectivity index (χ3n) is 5.96. The van der Waals surface area contributed by atoms with Gasteiger partial charge >= 0.3 is 6.03 Å². The molecule has 0 aliphatic rings. The summed E-state index contributed by atoms with van der Waals surface area (Å²) in [4.78, 5) is 13.6. The number of nitrogens with one attached hydrogen (secondary N) is 2. The first kappa shape index (κ1) is 20.5. The van der Waals surface area contributed by atoms with Crippen molar-refractivity contribution in [3.8, 4) is 0 Å². The average molecular weight is 429 g/mol. The minimum atomic E-state index is -0.863. The fraction of sp³-hybridized carbons (Fsp3) is 0.0333. The molecule has 0 fully saturated rings. The second-order valence-electron chi connectivity index (χ2n) is 7.95. The van der Waals surface area contributed by atoms with Gasteiger partial charge < -0.3 is 10.6 Å². The second-order valence-corrected chi connectivity index (χ2v) is 7.95. The van der Waals surface area contributed by atoms with E-state index >= 15 is 0 Å². The van der Waals surface area contributed by atoms with E-state index in [1.165, 1.54) is 0 Å². The van der Waals surface area contributed by atoms with E-state index in [1.807, 2.05) is 97.1 Å². The molecule has 3 heteroatoms. The van der Waals surface area contributed by atoms with Crippen molar-refractivity contribution in [3.63, 3.8) is 0 Å². The van der Waals surface area contributed by atoms with Crippen molar-refractivity contribution >= 4 is 22.5 Å². The van der Waals surface area contributed by atoms with Crippen LogP contribution >= 0.6 is 0 Å². The van der Waals surface area contributed by atoms with Gasteiger partial charge in [-0.2, -0.15) is 0 Å². The van der Waals surface area contributed by atoms with Crippen molar-refractivity contribution < 1.29 is 4.79 Å². The summed E-state index contributed by atoms with van der Waals surface area (Å²) in [5.41, 5.74) is 2.86. The van der Waals surface area contributed by atoms with E-state index in [-0.39, 0.29) is 6.03 Å². The number of amides is 2. The molecule has 0 saturated heterocycles. The Morgan fingerprint density at radius 2 is 0.970 bits per heavy atom. The monoisotopic (exact) mass is 428 g/mol. The molecule has 160 valence electrons. The Morgan fingerprint density at radius 1 is 0.515 bits per heavy atom. The van der Waals surface area contributed by atoms with Crippen LogP contribution in [0.15, 0.2) is 133 Å². The summed E-state index contributed by atoms with van der Waals surface area (Å²) in [6, 6.07) is 44.0. The third-order valence-corrected chi connectivity index (χ3v) is 5.96. The van der Waals surface area contributed by atoms with Crippen LogP contribution in [0.5, 0.6) is 0 Å². The number of fused-ring (bicyclic) bond motifs is 1. The number of hydrogen-bond acceptors (Lipinski definition) is 1. The summed E-state index contributed by atoms with van der Waals surface area (Å²) in [7, 11) is 0. The van der Waals surface area contributed by atoms with Crippen LogP contribution in [0.1, 0.15) is 16.7 Å². The highest BCUT2D eigenvalue weighted by molar-refractivity contribution is 6.02. The SMILES string of the molecule is O=C(Nc1cccc2ccccc12)NC(c1ccccc1)(c1ccccc1)c1ccccc1. The molecule has 0 aromatic heterocycles. The number of carbonyl (C=O) groups excluding carboxylic acids is 1. The Balaban J connectivity index is 1.62. The van der Waals surface area contributed by atoms with Gasteiger partial charge in [0.2, 0.25) is 0 Å². The molecule has 0 aliphatic carbocycles. The van der Waals surface area contributed by atoms with Crippen LogP contribution in [0, 0.1) is 0 Å².